The van der Waals surface area contributed by atoms with Crippen molar-refractivity contribution in [3.8, 4) is 0 Å². The summed E-state index contributed by atoms with van der Waals surface area (Å²) in [7, 11) is 0. The second kappa shape index (κ2) is 5.87. The fourth-order valence-electron chi connectivity index (χ4n) is 2.01. The van der Waals surface area contributed by atoms with E-state index >= 15 is 0 Å². The fraction of sp³-hybridized carbons (Fsp3) is 0.357. The molecule has 0 fully saturated rings. The van der Waals surface area contributed by atoms with Gasteiger partial charge in [0.05, 0.1) is 6.42 Å². The van der Waals surface area contributed by atoms with E-state index in [0.717, 1.165) is 11.3 Å². The van der Waals surface area contributed by atoms with Crippen molar-refractivity contribution in [2.45, 2.75) is 26.7 Å². The number of hydrogen-bond donors (Lipinski definition) is 2. The summed E-state index contributed by atoms with van der Waals surface area (Å²) in [6, 6.07) is 6.10. The first kappa shape index (κ1) is 12.9. The second-order valence-electron chi connectivity index (χ2n) is 4.46. The van der Waals surface area contributed by atoms with Crippen LogP contribution in [0.3, 0.4) is 0 Å². The van der Waals surface area contributed by atoms with Gasteiger partial charge in [0.25, 0.3) is 0 Å². The first-order valence-corrected chi connectivity index (χ1v) is 6.97. The molecule has 0 saturated carbocycles. The van der Waals surface area contributed by atoms with E-state index in [2.05, 4.69) is 23.3 Å². The number of rotatable bonds is 5. The Labute approximate surface area is 111 Å². The molecule has 0 radical (unpaired) electrons. The Kier molecular flexibility index (Phi) is 4.20. The van der Waals surface area contributed by atoms with Gasteiger partial charge in [-0.3, -0.25) is 4.79 Å². The van der Waals surface area contributed by atoms with Gasteiger partial charge in [-0.1, -0.05) is 6.07 Å². The molecule has 0 atom stereocenters. The van der Waals surface area contributed by atoms with E-state index in [9.17, 15) is 4.79 Å². The monoisotopic (exact) mass is 262 g/mol. The van der Waals surface area contributed by atoms with Crippen LogP contribution < -0.4 is 5.32 Å². The maximum atomic E-state index is 11.7. The number of thiophene rings is 1. The Bertz CT molecular complexity index is 514. The highest BCUT2D eigenvalue weighted by Gasteiger charge is 2.05. The predicted molar refractivity (Wildman–Crippen MR) is 75.0 cm³/mol. The molecule has 2 aromatic rings. The SMILES string of the molecule is Cc1cc(CCNC(=O)Cc2cccs2)c(C)[nH]1. The first-order valence-electron chi connectivity index (χ1n) is 6.09. The van der Waals surface area contributed by atoms with E-state index in [-0.39, 0.29) is 5.91 Å². The molecule has 2 aromatic heterocycles. The van der Waals surface area contributed by atoms with Crippen LogP contribution in [0.4, 0.5) is 0 Å². The van der Waals surface area contributed by atoms with Gasteiger partial charge in [-0.15, -0.1) is 11.3 Å². The zero-order chi connectivity index (χ0) is 13.0. The molecule has 0 aliphatic heterocycles. The van der Waals surface area contributed by atoms with E-state index in [4.69, 9.17) is 0 Å². The minimum absolute atomic E-state index is 0.0994. The van der Waals surface area contributed by atoms with Gasteiger partial charge in [0.15, 0.2) is 0 Å². The maximum absolute atomic E-state index is 11.7. The summed E-state index contributed by atoms with van der Waals surface area (Å²) in [5.74, 6) is 0.0994. The lowest BCUT2D eigenvalue weighted by molar-refractivity contribution is -0.120. The van der Waals surface area contributed by atoms with Gasteiger partial charge in [-0.05, 0) is 43.3 Å². The molecule has 2 heterocycles. The lowest BCUT2D eigenvalue weighted by Crippen LogP contribution is -2.27. The van der Waals surface area contributed by atoms with Gasteiger partial charge in [0, 0.05) is 22.8 Å². The number of nitrogens with one attached hydrogen (secondary N) is 2. The van der Waals surface area contributed by atoms with Crippen molar-refractivity contribution in [1.29, 1.82) is 0 Å². The average Bonchev–Trinajstić information content (AvgIpc) is 2.89. The van der Waals surface area contributed by atoms with Gasteiger partial charge < -0.3 is 10.3 Å². The molecule has 96 valence electrons. The number of aryl methyl sites for hydroxylation is 2. The number of aromatic amines is 1. The van der Waals surface area contributed by atoms with Crippen LogP contribution in [0.2, 0.25) is 0 Å². The summed E-state index contributed by atoms with van der Waals surface area (Å²) in [4.78, 5) is 16.1. The normalized spacial score (nSPS) is 10.6. The van der Waals surface area contributed by atoms with E-state index in [1.54, 1.807) is 11.3 Å². The van der Waals surface area contributed by atoms with E-state index < -0.39 is 0 Å². The molecule has 0 aromatic carbocycles. The Hall–Kier alpha value is -1.55. The number of H-pyrrole nitrogens is 1. The molecule has 0 bridgehead atoms. The number of amides is 1. The van der Waals surface area contributed by atoms with Gasteiger partial charge in [-0.25, -0.2) is 0 Å². The van der Waals surface area contributed by atoms with Crippen molar-refractivity contribution in [3.63, 3.8) is 0 Å². The van der Waals surface area contributed by atoms with Gasteiger partial charge in [0.2, 0.25) is 5.91 Å². The highest BCUT2D eigenvalue weighted by molar-refractivity contribution is 7.10. The van der Waals surface area contributed by atoms with Crippen molar-refractivity contribution >= 4 is 17.2 Å². The molecule has 0 spiro atoms. The van der Waals surface area contributed by atoms with Gasteiger partial charge in [0.1, 0.15) is 0 Å². The highest BCUT2D eigenvalue weighted by Crippen LogP contribution is 2.10. The number of aromatic nitrogens is 1. The summed E-state index contributed by atoms with van der Waals surface area (Å²) in [6.07, 6.45) is 1.37. The molecule has 0 unspecified atom stereocenters. The van der Waals surface area contributed by atoms with Gasteiger partial charge >= 0.3 is 0 Å². The molecule has 1 amide bonds. The van der Waals surface area contributed by atoms with Crippen LogP contribution in [0.25, 0.3) is 0 Å². The Balaban J connectivity index is 1.75. The van der Waals surface area contributed by atoms with E-state index in [1.807, 2.05) is 24.4 Å². The Morgan fingerprint density at radius 1 is 1.44 bits per heavy atom. The molecule has 0 aliphatic rings. The number of carbonyl (C=O) groups is 1. The second-order valence-corrected chi connectivity index (χ2v) is 5.49. The topological polar surface area (TPSA) is 44.9 Å². The molecular formula is C14H18N2OS. The summed E-state index contributed by atoms with van der Waals surface area (Å²) in [5, 5.41) is 4.95. The van der Waals surface area contributed by atoms with Crippen molar-refractivity contribution in [2.24, 2.45) is 0 Å². The Morgan fingerprint density at radius 3 is 2.89 bits per heavy atom. The van der Waals surface area contributed by atoms with Crippen molar-refractivity contribution in [2.75, 3.05) is 6.54 Å². The minimum atomic E-state index is 0.0994. The van der Waals surface area contributed by atoms with E-state index in [0.29, 0.717) is 13.0 Å². The maximum Gasteiger partial charge on any atom is 0.225 e. The smallest absolute Gasteiger partial charge is 0.225 e. The standard InChI is InChI=1S/C14H18N2OS/c1-10-8-12(11(2)16-10)5-6-15-14(17)9-13-4-3-7-18-13/h3-4,7-8,16H,5-6,9H2,1-2H3,(H,15,17). The minimum Gasteiger partial charge on any atom is -0.362 e. The van der Waals surface area contributed by atoms with Crippen LogP contribution in [0.15, 0.2) is 23.6 Å². The molecule has 3 nitrogen and oxygen atoms in total. The molecule has 2 rings (SSSR count). The third kappa shape index (κ3) is 3.47. The molecule has 0 aliphatic carbocycles. The fourth-order valence-corrected chi connectivity index (χ4v) is 2.72. The summed E-state index contributed by atoms with van der Waals surface area (Å²) in [6.45, 7) is 4.81. The lowest BCUT2D eigenvalue weighted by Gasteiger charge is -2.04. The third-order valence-electron chi connectivity index (χ3n) is 2.89. The van der Waals surface area contributed by atoms with Crippen LogP contribution in [0.5, 0.6) is 0 Å². The molecule has 0 saturated heterocycles. The summed E-state index contributed by atoms with van der Waals surface area (Å²) in [5.41, 5.74) is 3.65. The van der Waals surface area contributed by atoms with Crippen LogP contribution in [-0.4, -0.2) is 17.4 Å². The van der Waals surface area contributed by atoms with Crippen LogP contribution >= 0.6 is 11.3 Å². The number of hydrogen-bond acceptors (Lipinski definition) is 2. The zero-order valence-electron chi connectivity index (χ0n) is 10.7. The van der Waals surface area contributed by atoms with Crippen molar-refractivity contribution in [3.05, 3.63) is 45.4 Å². The predicted octanol–water partition coefficient (Wildman–Crippen LogP) is 2.59. The summed E-state index contributed by atoms with van der Waals surface area (Å²) >= 11 is 1.62. The summed E-state index contributed by atoms with van der Waals surface area (Å²) < 4.78 is 0. The van der Waals surface area contributed by atoms with Crippen molar-refractivity contribution in [1.82, 2.24) is 10.3 Å². The third-order valence-corrected chi connectivity index (χ3v) is 3.76. The molecular weight excluding hydrogens is 244 g/mol. The van der Waals surface area contributed by atoms with Crippen LogP contribution in [-0.2, 0) is 17.6 Å². The largest absolute Gasteiger partial charge is 0.362 e. The van der Waals surface area contributed by atoms with Crippen molar-refractivity contribution < 1.29 is 4.79 Å². The van der Waals surface area contributed by atoms with Crippen LogP contribution in [0.1, 0.15) is 21.8 Å². The van der Waals surface area contributed by atoms with Gasteiger partial charge in [-0.2, -0.15) is 0 Å². The molecule has 4 heteroatoms. The lowest BCUT2D eigenvalue weighted by atomic mass is 10.2. The quantitative estimate of drug-likeness (QED) is 0.854. The average molecular weight is 262 g/mol. The van der Waals surface area contributed by atoms with E-state index in [1.165, 1.54) is 17.0 Å². The Morgan fingerprint density at radius 2 is 2.28 bits per heavy atom. The van der Waals surface area contributed by atoms with Crippen LogP contribution in [0, 0.1) is 13.8 Å². The molecule has 2 N–H and O–H groups in total. The first-order chi connectivity index (χ1) is 8.65. The zero-order valence-corrected chi connectivity index (χ0v) is 11.6. The highest BCUT2D eigenvalue weighted by atomic mass is 32.1. The molecule has 18 heavy (non-hydrogen) atoms. The number of carbonyl (C=O) groups excluding carboxylic acids is 1.